The van der Waals surface area contributed by atoms with Crippen molar-refractivity contribution in [3.8, 4) is 44.7 Å². The van der Waals surface area contributed by atoms with Gasteiger partial charge in [0, 0.05) is 31.0 Å². The largest absolute Gasteiger partial charge is 0.295 e. The van der Waals surface area contributed by atoms with Gasteiger partial charge in [-0.2, -0.15) is 25.5 Å². The lowest BCUT2D eigenvalue weighted by atomic mass is 10.1. The van der Waals surface area contributed by atoms with E-state index in [0.717, 1.165) is 78.0 Å². The molecule has 0 amide bonds. The van der Waals surface area contributed by atoms with Crippen LogP contribution in [0, 0.1) is 27.7 Å². The second-order valence-electron chi connectivity index (χ2n) is 12.2. The third-order valence-electron chi connectivity index (χ3n) is 8.40. The molecule has 9 aromatic rings. The summed E-state index contributed by atoms with van der Waals surface area (Å²) in [5.74, 6) is 0. The van der Waals surface area contributed by atoms with Crippen LogP contribution in [0.15, 0.2) is 110 Å². The number of hydrogen-bond donors (Lipinski definition) is 0. The molecule has 0 N–H and O–H groups in total. The zero-order valence-electron chi connectivity index (χ0n) is 27.2. The van der Waals surface area contributed by atoms with Gasteiger partial charge in [0.15, 0.2) is 0 Å². The molecule has 0 bridgehead atoms. The average molecular weight is 663 g/mol. The Balaban J connectivity index is 1.55. The second-order valence-corrected chi connectivity index (χ2v) is 13.1. The Labute approximate surface area is 284 Å². The summed E-state index contributed by atoms with van der Waals surface area (Å²) in [6.07, 6.45) is 19.4. The molecule has 0 aliphatic carbocycles. The summed E-state index contributed by atoms with van der Waals surface area (Å²) in [6.45, 7) is 8.14. The maximum absolute atomic E-state index is 5.20. The van der Waals surface area contributed by atoms with Crippen molar-refractivity contribution in [1.29, 1.82) is 0 Å². The number of fused-ring (bicyclic) bond motifs is 1. The molecule has 0 aliphatic heterocycles. The average Bonchev–Trinajstić information content (AvgIpc) is 3.93. The molecule has 7 aromatic heterocycles. The highest BCUT2D eigenvalue weighted by Gasteiger charge is 2.33. The normalized spacial score (nSPS) is 11.7. The molecule has 9 rings (SSSR count). The SMILES string of the molecule is Cc1cnn(-c2c(-n3ccc(-c4cccs4)n3)c(-n3cc(C)cn3)c(-n3cc(C)cn3)c(-n3cnc4ccccc43)c2-n2cc(C)cn2)c1. The zero-order chi connectivity index (χ0) is 33.2. The van der Waals surface area contributed by atoms with Crippen LogP contribution in [-0.2, 0) is 0 Å². The number of rotatable bonds is 7. The Hall–Kier alpha value is -6.34. The molecule has 0 saturated heterocycles. The Morgan fingerprint density at radius 2 is 1.04 bits per heavy atom. The smallest absolute Gasteiger partial charge is 0.121 e. The van der Waals surface area contributed by atoms with Crippen molar-refractivity contribution < 1.29 is 0 Å². The van der Waals surface area contributed by atoms with Gasteiger partial charge in [0.1, 0.15) is 46.1 Å². The van der Waals surface area contributed by atoms with Crippen molar-refractivity contribution in [1.82, 2.24) is 58.5 Å². The van der Waals surface area contributed by atoms with E-state index in [4.69, 9.17) is 30.5 Å². The second kappa shape index (κ2) is 11.1. The summed E-state index contributed by atoms with van der Waals surface area (Å²) in [7, 11) is 0. The minimum atomic E-state index is 0.744. The number of hydrogen-bond acceptors (Lipinski definition) is 7. The minimum Gasteiger partial charge on any atom is -0.295 e. The molecular weight excluding hydrogens is 633 g/mol. The highest BCUT2D eigenvalue weighted by molar-refractivity contribution is 7.13. The molecule has 240 valence electrons. The van der Waals surface area contributed by atoms with Gasteiger partial charge in [0.05, 0.1) is 40.7 Å². The first-order valence-electron chi connectivity index (χ1n) is 15.8. The molecule has 49 heavy (non-hydrogen) atoms. The molecule has 0 radical (unpaired) electrons. The fourth-order valence-electron chi connectivity index (χ4n) is 6.27. The first-order chi connectivity index (χ1) is 23.9. The van der Waals surface area contributed by atoms with Gasteiger partial charge in [-0.1, -0.05) is 18.2 Å². The van der Waals surface area contributed by atoms with Crippen molar-refractivity contribution in [2.45, 2.75) is 27.7 Å². The van der Waals surface area contributed by atoms with Crippen molar-refractivity contribution >= 4 is 22.4 Å². The predicted molar refractivity (Wildman–Crippen MR) is 189 cm³/mol. The monoisotopic (exact) mass is 662 g/mol. The lowest BCUT2D eigenvalue weighted by Gasteiger charge is -2.26. The lowest BCUT2D eigenvalue weighted by Crippen LogP contribution is -2.21. The standard InChI is InChI=1S/C36H30N12S/c1-23-14-38-45(18-23)32-31(43-22-37-27-8-5-6-9-29(27)43)33(46-19-24(2)15-39-46)36(48-21-26(4)17-41-48)34(35(32)47-20-25(3)16-40-47)44-12-11-28(42-44)30-10-7-13-49-30/h5-22H,1-4H3. The summed E-state index contributed by atoms with van der Waals surface area (Å²) >= 11 is 1.65. The van der Waals surface area contributed by atoms with E-state index in [1.165, 1.54) is 0 Å². The number of aromatic nitrogens is 12. The quantitative estimate of drug-likeness (QED) is 0.184. The molecule has 0 aliphatic rings. The van der Waals surface area contributed by atoms with Gasteiger partial charge in [-0.15, -0.1) is 11.3 Å². The highest BCUT2D eigenvalue weighted by atomic mass is 32.1. The molecule has 13 heteroatoms. The van der Waals surface area contributed by atoms with Crippen molar-refractivity contribution in [3.05, 3.63) is 132 Å². The number of nitrogens with zero attached hydrogens (tertiary/aromatic N) is 12. The Bertz CT molecular complexity index is 2510. The molecular formula is C36H30N12S. The van der Waals surface area contributed by atoms with Crippen LogP contribution in [0.3, 0.4) is 0 Å². The van der Waals surface area contributed by atoms with Gasteiger partial charge >= 0.3 is 0 Å². The van der Waals surface area contributed by atoms with Crippen LogP contribution in [0.4, 0.5) is 0 Å². The molecule has 0 unspecified atom stereocenters. The fourth-order valence-corrected chi connectivity index (χ4v) is 6.96. The van der Waals surface area contributed by atoms with Gasteiger partial charge in [0.2, 0.25) is 0 Å². The minimum absolute atomic E-state index is 0.744. The molecule has 12 nitrogen and oxygen atoms in total. The van der Waals surface area contributed by atoms with E-state index in [9.17, 15) is 0 Å². The molecule has 0 atom stereocenters. The number of benzene rings is 2. The molecule has 2 aromatic carbocycles. The first kappa shape index (κ1) is 28.8. The van der Waals surface area contributed by atoms with Crippen molar-refractivity contribution in [3.63, 3.8) is 0 Å². The van der Waals surface area contributed by atoms with Gasteiger partial charge in [-0.25, -0.2) is 28.4 Å². The van der Waals surface area contributed by atoms with E-state index >= 15 is 0 Å². The van der Waals surface area contributed by atoms with E-state index in [0.29, 0.717) is 0 Å². The van der Waals surface area contributed by atoms with Crippen LogP contribution in [0.1, 0.15) is 22.3 Å². The Morgan fingerprint density at radius 3 is 1.53 bits per heavy atom. The third-order valence-corrected chi connectivity index (χ3v) is 9.29. The predicted octanol–water partition coefficient (Wildman–Crippen LogP) is 6.92. The summed E-state index contributed by atoms with van der Waals surface area (Å²) in [4.78, 5) is 5.91. The molecule has 0 fully saturated rings. The molecule has 0 saturated carbocycles. The lowest BCUT2D eigenvalue weighted by molar-refractivity contribution is 0.754. The van der Waals surface area contributed by atoms with E-state index < -0.39 is 0 Å². The number of imidazole rings is 1. The fraction of sp³-hybridized carbons (Fsp3) is 0.111. The van der Waals surface area contributed by atoms with Crippen LogP contribution < -0.4 is 0 Å². The number of thiophene rings is 1. The van der Waals surface area contributed by atoms with Crippen LogP contribution >= 0.6 is 11.3 Å². The van der Waals surface area contributed by atoms with Gasteiger partial charge in [-0.3, -0.25) is 4.57 Å². The van der Waals surface area contributed by atoms with E-state index in [2.05, 4.69) is 22.1 Å². The summed E-state index contributed by atoms with van der Waals surface area (Å²) in [5.41, 5.74) is 11.2. The molecule has 7 heterocycles. The third kappa shape index (κ3) is 4.73. The maximum atomic E-state index is 5.20. The van der Waals surface area contributed by atoms with E-state index in [1.807, 2.05) is 144 Å². The van der Waals surface area contributed by atoms with Crippen LogP contribution in [0.5, 0.6) is 0 Å². The van der Waals surface area contributed by atoms with E-state index in [1.54, 1.807) is 11.3 Å². The first-order valence-corrected chi connectivity index (χ1v) is 16.6. The van der Waals surface area contributed by atoms with Crippen molar-refractivity contribution in [2.24, 2.45) is 0 Å². The number of para-hydroxylation sites is 2. The van der Waals surface area contributed by atoms with Crippen molar-refractivity contribution in [2.75, 3.05) is 0 Å². The summed E-state index contributed by atoms with van der Waals surface area (Å²) in [6, 6.07) is 14.3. The topological polar surface area (TPSA) is 107 Å². The summed E-state index contributed by atoms with van der Waals surface area (Å²) < 4.78 is 11.7. The zero-order valence-corrected chi connectivity index (χ0v) is 28.0. The van der Waals surface area contributed by atoms with Gasteiger partial charge in [0.25, 0.3) is 0 Å². The highest BCUT2D eigenvalue weighted by Crippen LogP contribution is 2.43. The Morgan fingerprint density at radius 1 is 0.531 bits per heavy atom. The van der Waals surface area contributed by atoms with Gasteiger partial charge in [-0.05, 0) is 79.6 Å². The van der Waals surface area contributed by atoms with Gasteiger partial charge < -0.3 is 0 Å². The van der Waals surface area contributed by atoms with Crippen LogP contribution in [0.25, 0.3) is 55.7 Å². The van der Waals surface area contributed by atoms with Crippen LogP contribution in [-0.4, -0.2) is 58.5 Å². The Kier molecular flexibility index (Phi) is 6.55. The van der Waals surface area contributed by atoms with E-state index in [-0.39, 0.29) is 0 Å². The maximum Gasteiger partial charge on any atom is 0.121 e. The molecule has 0 spiro atoms. The summed E-state index contributed by atoms with van der Waals surface area (Å²) in [5, 5.41) is 26.9. The van der Waals surface area contributed by atoms with Crippen LogP contribution in [0.2, 0.25) is 0 Å². The number of aryl methyl sites for hydroxylation is 4.